The number of aryl methyl sites for hydroxylation is 1. The van der Waals surface area contributed by atoms with Crippen LogP contribution >= 0.6 is 0 Å². The summed E-state index contributed by atoms with van der Waals surface area (Å²) in [7, 11) is 1.42. The van der Waals surface area contributed by atoms with Gasteiger partial charge in [0.2, 0.25) is 0 Å². The summed E-state index contributed by atoms with van der Waals surface area (Å²) in [5.41, 5.74) is 2.56. The molecule has 0 bridgehead atoms. The first kappa shape index (κ1) is 12.8. The average Bonchev–Trinajstić information content (AvgIpc) is 2.35. The topological polar surface area (TPSA) is 26.3 Å². The second kappa shape index (κ2) is 6.31. The highest BCUT2D eigenvalue weighted by Gasteiger charge is 2.04. The van der Waals surface area contributed by atoms with Crippen molar-refractivity contribution in [2.75, 3.05) is 7.11 Å². The van der Waals surface area contributed by atoms with Crippen LogP contribution in [0.4, 0.5) is 0 Å². The maximum atomic E-state index is 11.0. The number of carbonyl (C=O) groups is 1. The molecular weight excluding hydrogens is 200 g/mol. The largest absolute Gasteiger partial charge is 0.469 e. The Hall–Kier alpha value is -1.31. The van der Waals surface area contributed by atoms with Gasteiger partial charge in [-0.1, -0.05) is 38.1 Å². The number of esters is 1. The molecule has 0 amide bonds. The molecule has 0 saturated heterocycles. The third-order valence-electron chi connectivity index (χ3n) is 3.01. The average molecular weight is 220 g/mol. The Morgan fingerprint density at radius 2 is 1.94 bits per heavy atom. The summed E-state index contributed by atoms with van der Waals surface area (Å²) in [4.78, 5) is 11.0. The van der Waals surface area contributed by atoms with Gasteiger partial charge < -0.3 is 4.74 Å². The molecule has 1 unspecified atom stereocenters. The molecule has 0 aliphatic rings. The first-order chi connectivity index (χ1) is 7.67. The molecule has 0 radical (unpaired) electrons. The molecule has 0 spiro atoms. The Bertz CT molecular complexity index is 327. The highest BCUT2D eigenvalue weighted by Crippen LogP contribution is 2.19. The molecule has 0 aliphatic carbocycles. The lowest BCUT2D eigenvalue weighted by Crippen LogP contribution is -2.02. The van der Waals surface area contributed by atoms with Gasteiger partial charge in [-0.05, 0) is 29.9 Å². The van der Waals surface area contributed by atoms with Gasteiger partial charge in [0.05, 0.1) is 7.11 Å². The number of carbonyl (C=O) groups excluding carboxylic acids is 1. The molecule has 0 aliphatic heterocycles. The van der Waals surface area contributed by atoms with E-state index in [0.717, 1.165) is 12.8 Å². The zero-order valence-corrected chi connectivity index (χ0v) is 10.3. The van der Waals surface area contributed by atoms with E-state index in [0.29, 0.717) is 12.3 Å². The maximum absolute atomic E-state index is 11.0. The number of benzene rings is 1. The third kappa shape index (κ3) is 3.69. The molecule has 1 aromatic rings. The normalized spacial score (nSPS) is 12.2. The van der Waals surface area contributed by atoms with Crippen molar-refractivity contribution in [1.82, 2.24) is 0 Å². The standard InChI is InChI=1S/C14H20O2/c1-4-11(2)13-8-5-12(6-9-13)7-10-14(15)16-3/h5-6,8-9,11H,4,7,10H2,1-3H3. The van der Waals surface area contributed by atoms with Crippen LogP contribution in [-0.4, -0.2) is 13.1 Å². The summed E-state index contributed by atoms with van der Waals surface area (Å²) >= 11 is 0. The summed E-state index contributed by atoms with van der Waals surface area (Å²) < 4.78 is 4.61. The molecule has 1 aromatic carbocycles. The molecule has 1 atom stereocenters. The SMILES string of the molecule is CCC(C)c1ccc(CCC(=O)OC)cc1. The van der Waals surface area contributed by atoms with Crippen LogP contribution in [0.1, 0.15) is 43.7 Å². The van der Waals surface area contributed by atoms with E-state index >= 15 is 0 Å². The molecule has 0 fully saturated rings. The zero-order chi connectivity index (χ0) is 12.0. The minimum Gasteiger partial charge on any atom is -0.469 e. The van der Waals surface area contributed by atoms with Gasteiger partial charge in [-0.2, -0.15) is 0 Å². The predicted molar refractivity (Wildman–Crippen MR) is 65.5 cm³/mol. The van der Waals surface area contributed by atoms with E-state index in [4.69, 9.17) is 0 Å². The van der Waals surface area contributed by atoms with E-state index in [1.165, 1.54) is 18.2 Å². The van der Waals surface area contributed by atoms with Gasteiger partial charge in [0.1, 0.15) is 0 Å². The minimum absolute atomic E-state index is 0.147. The number of methoxy groups -OCH3 is 1. The van der Waals surface area contributed by atoms with E-state index in [1.54, 1.807) is 0 Å². The molecular formula is C14H20O2. The van der Waals surface area contributed by atoms with Crippen molar-refractivity contribution in [1.29, 1.82) is 0 Å². The molecule has 0 saturated carbocycles. The summed E-state index contributed by atoms with van der Waals surface area (Å²) in [5, 5.41) is 0. The Morgan fingerprint density at radius 3 is 2.44 bits per heavy atom. The zero-order valence-electron chi connectivity index (χ0n) is 10.3. The maximum Gasteiger partial charge on any atom is 0.305 e. The van der Waals surface area contributed by atoms with Gasteiger partial charge in [-0.25, -0.2) is 0 Å². The monoisotopic (exact) mass is 220 g/mol. The van der Waals surface area contributed by atoms with E-state index in [2.05, 4.69) is 42.8 Å². The summed E-state index contributed by atoms with van der Waals surface area (Å²) in [6.45, 7) is 4.42. The third-order valence-corrected chi connectivity index (χ3v) is 3.01. The lowest BCUT2D eigenvalue weighted by Gasteiger charge is -2.09. The molecule has 0 heterocycles. The highest BCUT2D eigenvalue weighted by atomic mass is 16.5. The van der Waals surface area contributed by atoms with Gasteiger partial charge >= 0.3 is 5.97 Å². The second-order valence-corrected chi connectivity index (χ2v) is 4.13. The van der Waals surface area contributed by atoms with Crippen molar-refractivity contribution < 1.29 is 9.53 Å². The first-order valence-corrected chi connectivity index (χ1v) is 5.83. The Kier molecular flexibility index (Phi) is 5.03. The summed E-state index contributed by atoms with van der Waals surface area (Å²) in [6.07, 6.45) is 2.37. The number of hydrogen-bond donors (Lipinski definition) is 0. The van der Waals surface area contributed by atoms with E-state index in [9.17, 15) is 4.79 Å². The predicted octanol–water partition coefficient (Wildman–Crippen LogP) is 3.31. The molecule has 2 heteroatoms. The van der Waals surface area contributed by atoms with Gasteiger partial charge in [0.15, 0.2) is 0 Å². The molecule has 1 rings (SSSR count). The Morgan fingerprint density at radius 1 is 1.31 bits per heavy atom. The molecule has 88 valence electrons. The fourth-order valence-corrected chi connectivity index (χ4v) is 1.60. The fourth-order valence-electron chi connectivity index (χ4n) is 1.60. The van der Waals surface area contributed by atoms with Gasteiger partial charge in [-0.15, -0.1) is 0 Å². The van der Waals surface area contributed by atoms with E-state index in [1.807, 2.05) is 0 Å². The van der Waals surface area contributed by atoms with Crippen molar-refractivity contribution in [2.24, 2.45) is 0 Å². The Labute approximate surface area is 97.6 Å². The van der Waals surface area contributed by atoms with Crippen LogP contribution in [-0.2, 0) is 16.0 Å². The van der Waals surface area contributed by atoms with Gasteiger partial charge in [-0.3, -0.25) is 4.79 Å². The van der Waals surface area contributed by atoms with Crippen LogP contribution in [0.5, 0.6) is 0 Å². The minimum atomic E-state index is -0.147. The first-order valence-electron chi connectivity index (χ1n) is 5.83. The van der Waals surface area contributed by atoms with Crippen LogP contribution < -0.4 is 0 Å². The van der Waals surface area contributed by atoms with Crippen molar-refractivity contribution in [3.05, 3.63) is 35.4 Å². The second-order valence-electron chi connectivity index (χ2n) is 4.13. The number of rotatable bonds is 5. The van der Waals surface area contributed by atoms with Crippen LogP contribution in [0.3, 0.4) is 0 Å². The molecule has 0 N–H and O–H groups in total. The highest BCUT2D eigenvalue weighted by molar-refractivity contribution is 5.69. The number of ether oxygens (including phenoxy) is 1. The van der Waals surface area contributed by atoms with Crippen molar-refractivity contribution in [3.63, 3.8) is 0 Å². The smallest absolute Gasteiger partial charge is 0.305 e. The van der Waals surface area contributed by atoms with Crippen molar-refractivity contribution in [3.8, 4) is 0 Å². The van der Waals surface area contributed by atoms with Gasteiger partial charge in [0, 0.05) is 6.42 Å². The number of hydrogen-bond acceptors (Lipinski definition) is 2. The fraction of sp³-hybridized carbons (Fsp3) is 0.500. The molecule has 2 nitrogen and oxygen atoms in total. The summed E-state index contributed by atoms with van der Waals surface area (Å²) in [6, 6.07) is 8.51. The lowest BCUT2D eigenvalue weighted by atomic mass is 9.97. The van der Waals surface area contributed by atoms with Crippen molar-refractivity contribution >= 4 is 5.97 Å². The van der Waals surface area contributed by atoms with E-state index < -0.39 is 0 Å². The summed E-state index contributed by atoms with van der Waals surface area (Å²) in [5.74, 6) is 0.459. The van der Waals surface area contributed by atoms with Crippen LogP contribution in [0, 0.1) is 0 Å². The van der Waals surface area contributed by atoms with Gasteiger partial charge in [0.25, 0.3) is 0 Å². The molecule has 16 heavy (non-hydrogen) atoms. The van der Waals surface area contributed by atoms with Crippen molar-refractivity contribution in [2.45, 2.75) is 39.0 Å². The van der Waals surface area contributed by atoms with Crippen LogP contribution in [0.25, 0.3) is 0 Å². The lowest BCUT2D eigenvalue weighted by molar-refractivity contribution is -0.140. The molecule has 0 aromatic heterocycles. The van der Waals surface area contributed by atoms with E-state index in [-0.39, 0.29) is 5.97 Å². The quantitative estimate of drug-likeness (QED) is 0.712. The van der Waals surface area contributed by atoms with Crippen LogP contribution in [0.15, 0.2) is 24.3 Å². The Balaban J connectivity index is 2.54. The van der Waals surface area contributed by atoms with Crippen LogP contribution in [0.2, 0.25) is 0 Å².